The summed E-state index contributed by atoms with van der Waals surface area (Å²) in [5, 5.41) is 15.1. The Morgan fingerprint density at radius 2 is 1.67 bits per heavy atom. The van der Waals surface area contributed by atoms with Gasteiger partial charge in [-0.15, -0.1) is 0 Å². The molecule has 3 rings (SSSR count). The van der Waals surface area contributed by atoms with Crippen LogP contribution in [0.4, 0.5) is 11.4 Å². The topological polar surface area (TPSA) is 73.6 Å². The van der Waals surface area contributed by atoms with Gasteiger partial charge in [0.15, 0.2) is 11.5 Å². The third kappa shape index (κ3) is 5.78. The monoisotopic (exact) mass is 446 g/mol. The van der Waals surface area contributed by atoms with E-state index in [4.69, 9.17) is 32.7 Å². The lowest BCUT2D eigenvalue weighted by molar-refractivity contribution is -0.384. The van der Waals surface area contributed by atoms with Crippen LogP contribution in [-0.2, 0) is 13.2 Å². The van der Waals surface area contributed by atoms with Crippen molar-refractivity contribution in [2.24, 2.45) is 0 Å². The van der Waals surface area contributed by atoms with Gasteiger partial charge in [-0.3, -0.25) is 10.1 Å². The highest BCUT2D eigenvalue weighted by Crippen LogP contribution is 2.37. The maximum atomic E-state index is 10.8. The minimum Gasteiger partial charge on any atom is -0.490 e. The minimum atomic E-state index is -0.430. The smallest absolute Gasteiger partial charge is 0.269 e. The maximum Gasteiger partial charge on any atom is 0.269 e. The molecule has 0 saturated heterocycles. The Morgan fingerprint density at radius 1 is 0.967 bits per heavy atom. The van der Waals surface area contributed by atoms with Crippen molar-refractivity contribution in [1.29, 1.82) is 0 Å². The standard InChI is InChI=1S/C22H20Cl2N2O4/c1-2-29-21-12-16(13-25-18-7-9-19(10-8-18)26(27)28)11-20(24)22(21)30-14-15-3-5-17(23)6-4-15/h3-12,25H,2,13-14H2,1H3. The molecule has 0 spiro atoms. The van der Waals surface area contributed by atoms with Gasteiger partial charge in [-0.2, -0.15) is 0 Å². The Bertz CT molecular complexity index is 1010. The molecular formula is C22H20Cl2N2O4. The van der Waals surface area contributed by atoms with E-state index in [-0.39, 0.29) is 5.69 Å². The molecule has 0 aliphatic rings. The molecule has 0 heterocycles. The molecule has 0 aromatic heterocycles. The number of nitro groups is 1. The molecule has 0 radical (unpaired) electrons. The predicted molar refractivity (Wildman–Crippen MR) is 119 cm³/mol. The first kappa shape index (κ1) is 21.7. The number of rotatable bonds is 9. The van der Waals surface area contributed by atoms with Crippen molar-refractivity contribution < 1.29 is 14.4 Å². The van der Waals surface area contributed by atoms with Crippen LogP contribution in [0.5, 0.6) is 11.5 Å². The Morgan fingerprint density at radius 3 is 2.30 bits per heavy atom. The second-order valence-electron chi connectivity index (χ2n) is 6.41. The summed E-state index contributed by atoms with van der Waals surface area (Å²) in [6.07, 6.45) is 0. The Labute approximate surface area is 184 Å². The third-order valence-electron chi connectivity index (χ3n) is 4.24. The van der Waals surface area contributed by atoms with Crippen LogP contribution in [0, 0.1) is 10.1 Å². The van der Waals surface area contributed by atoms with Crippen molar-refractivity contribution in [3.63, 3.8) is 0 Å². The molecule has 0 atom stereocenters. The lowest BCUT2D eigenvalue weighted by atomic mass is 10.2. The molecule has 8 heteroatoms. The van der Waals surface area contributed by atoms with Gasteiger partial charge < -0.3 is 14.8 Å². The first-order chi connectivity index (χ1) is 14.5. The van der Waals surface area contributed by atoms with Crippen molar-refractivity contribution in [1.82, 2.24) is 0 Å². The van der Waals surface area contributed by atoms with Gasteiger partial charge >= 0.3 is 0 Å². The highest BCUT2D eigenvalue weighted by molar-refractivity contribution is 6.32. The summed E-state index contributed by atoms with van der Waals surface area (Å²) in [5.74, 6) is 1.03. The fraction of sp³-hybridized carbons (Fsp3) is 0.182. The van der Waals surface area contributed by atoms with E-state index in [1.807, 2.05) is 25.1 Å². The highest BCUT2D eigenvalue weighted by atomic mass is 35.5. The molecule has 0 saturated carbocycles. The zero-order chi connectivity index (χ0) is 21.5. The first-order valence-electron chi connectivity index (χ1n) is 9.27. The molecule has 6 nitrogen and oxygen atoms in total. The van der Waals surface area contributed by atoms with Gasteiger partial charge in [0.05, 0.1) is 16.6 Å². The fourth-order valence-electron chi connectivity index (χ4n) is 2.77. The van der Waals surface area contributed by atoms with E-state index in [2.05, 4.69) is 5.32 Å². The number of non-ortho nitro benzene ring substituents is 1. The fourth-order valence-corrected chi connectivity index (χ4v) is 3.18. The van der Waals surface area contributed by atoms with Crippen LogP contribution in [0.2, 0.25) is 10.0 Å². The lowest BCUT2D eigenvalue weighted by Gasteiger charge is -2.16. The average molecular weight is 447 g/mol. The number of hydrogen-bond donors (Lipinski definition) is 1. The summed E-state index contributed by atoms with van der Waals surface area (Å²) < 4.78 is 11.6. The molecule has 1 N–H and O–H groups in total. The number of nitro benzene ring substituents is 1. The van der Waals surface area contributed by atoms with Gasteiger partial charge in [-0.25, -0.2) is 0 Å². The normalized spacial score (nSPS) is 10.5. The second kappa shape index (κ2) is 10.2. The number of anilines is 1. The molecule has 0 bridgehead atoms. The van der Waals surface area contributed by atoms with Crippen LogP contribution in [0.3, 0.4) is 0 Å². The van der Waals surface area contributed by atoms with Crippen LogP contribution in [-0.4, -0.2) is 11.5 Å². The van der Waals surface area contributed by atoms with Crippen molar-refractivity contribution in [2.75, 3.05) is 11.9 Å². The quantitative estimate of drug-likeness (QED) is 0.300. The van der Waals surface area contributed by atoms with Gasteiger partial charge in [-0.05, 0) is 54.4 Å². The van der Waals surface area contributed by atoms with Gasteiger partial charge in [0.25, 0.3) is 5.69 Å². The Kier molecular flexibility index (Phi) is 7.38. The number of benzene rings is 3. The number of ether oxygens (including phenoxy) is 2. The maximum absolute atomic E-state index is 10.8. The van der Waals surface area contributed by atoms with Crippen LogP contribution >= 0.6 is 23.2 Å². The van der Waals surface area contributed by atoms with Crippen LogP contribution in [0.15, 0.2) is 60.7 Å². The van der Waals surface area contributed by atoms with Crippen LogP contribution in [0.1, 0.15) is 18.1 Å². The SMILES string of the molecule is CCOc1cc(CNc2ccc([N+](=O)[O-])cc2)cc(Cl)c1OCc1ccc(Cl)cc1. The van der Waals surface area contributed by atoms with E-state index < -0.39 is 4.92 Å². The first-order valence-corrected chi connectivity index (χ1v) is 10.0. The van der Waals surface area contributed by atoms with Gasteiger partial charge in [0, 0.05) is 29.4 Å². The van der Waals surface area contributed by atoms with Crippen LogP contribution in [0.25, 0.3) is 0 Å². The van der Waals surface area contributed by atoms with Gasteiger partial charge in [-0.1, -0.05) is 35.3 Å². The number of hydrogen-bond acceptors (Lipinski definition) is 5. The van der Waals surface area contributed by atoms with Crippen molar-refractivity contribution >= 4 is 34.6 Å². The van der Waals surface area contributed by atoms with E-state index in [0.29, 0.717) is 41.3 Å². The molecule has 156 valence electrons. The zero-order valence-electron chi connectivity index (χ0n) is 16.2. The summed E-state index contributed by atoms with van der Waals surface area (Å²) in [7, 11) is 0. The minimum absolute atomic E-state index is 0.0458. The predicted octanol–water partition coefficient (Wildman–Crippen LogP) is 6.49. The molecule has 0 unspecified atom stereocenters. The molecule has 0 fully saturated rings. The van der Waals surface area contributed by atoms with E-state index >= 15 is 0 Å². The molecule has 3 aromatic rings. The molecular weight excluding hydrogens is 427 g/mol. The summed E-state index contributed by atoms with van der Waals surface area (Å²) in [6.45, 7) is 3.15. The molecule has 0 aliphatic heterocycles. The number of nitrogens with one attached hydrogen (secondary N) is 1. The van der Waals surface area contributed by atoms with Gasteiger partial charge in [0.1, 0.15) is 6.61 Å². The highest BCUT2D eigenvalue weighted by Gasteiger charge is 2.13. The largest absolute Gasteiger partial charge is 0.490 e. The molecule has 0 aliphatic carbocycles. The van der Waals surface area contributed by atoms with E-state index in [9.17, 15) is 10.1 Å². The molecule has 3 aromatic carbocycles. The second-order valence-corrected chi connectivity index (χ2v) is 7.25. The van der Waals surface area contributed by atoms with E-state index in [1.54, 1.807) is 30.3 Å². The Balaban J connectivity index is 1.71. The van der Waals surface area contributed by atoms with Gasteiger partial charge in [0.2, 0.25) is 0 Å². The molecule has 0 amide bonds. The lowest BCUT2D eigenvalue weighted by Crippen LogP contribution is -2.04. The van der Waals surface area contributed by atoms with E-state index in [1.165, 1.54) is 12.1 Å². The average Bonchev–Trinajstić information content (AvgIpc) is 2.73. The summed E-state index contributed by atoms with van der Waals surface area (Å²) in [5.41, 5.74) is 2.66. The number of nitrogens with zero attached hydrogens (tertiary/aromatic N) is 1. The van der Waals surface area contributed by atoms with E-state index in [0.717, 1.165) is 16.8 Å². The summed E-state index contributed by atoms with van der Waals surface area (Å²) in [6, 6.07) is 17.3. The number of halogens is 2. The van der Waals surface area contributed by atoms with Crippen LogP contribution < -0.4 is 14.8 Å². The van der Waals surface area contributed by atoms with Crippen molar-refractivity contribution in [3.8, 4) is 11.5 Å². The zero-order valence-corrected chi connectivity index (χ0v) is 17.7. The summed E-state index contributed by atoms with van der Waals surface area (Å²) >= 11 is 12.4. The van der Waals surface area contributed by atoms with Crippen molar-refractivity contribution in [2.45, 2.75) is 20.1 Å². The van der Waals surface area contributed by atoms with Crippen molar-refractivity contribution in [3.05, 3.63) is 92.0 Å². The Hall–Kier alpha value is -2.96. The summed E-state index contributed by atoms with van der Waals surface area (Å²) in [4.78, 5) is 10.3. The third-order valence-corrected chi connectivity index (χ3v) is 4.77. The molecule has 30 heavy (non-hydrogen) atoms.